The first-order valence-corrected chi connectivity index (χ1v) is 14.1. The number of aliphatic hydroxyl groups is 1. The average Bonchev–Trinajstić information content (AvgIpc) is 3.29. The molecular weight excluding hydrogens is 510 g/mol. The summed E-state index contributed by atoms with van der Waals surface area (Å²) >= 11 is 0. The van der Waals surface area contributed by atoms with E-state index in [4.69, 9.17) is 9.47 Å². The van der Waals surface area contributed by atoms with Crippen molar-refractivity contribution in [2.45, 2.75) is 38.3 Å². The smallest absolute Gasteiger partial charge is 0.250 e. The van der Waals surface area contributed by atoms with E-state index in [0.29, 0.717) is 37.6 Å². The number of hydrogen-bond donors (Lipinski definition) is 1. The first-order chi connectivity index (χ1) is 19.4. The fourth-order valence-corrected chi connectivity index (χ4v) is 6.32. The van der Waals surface area contributed by atoms with E-state index in [1.807, 2.05) is 30.3 Å². The maximum absolute atomic E-state index is 13.5. The Balaban J connectivity index is 1.36. The first kappa shape index (κ1) is 26.5. The van der Waals surface area contributed by atoms with Crippen molar-refractivity contribution in [2.75, 3.05) is 46.6 Å². The summed E-state index contributed by atoms with van der Waals surface area (Å²) in [6.07, 6.45) is 3.75. The number of ketones is 1. The normalized spacial score (nSPS) is 19.6. The molecule has 2 amide bonds. The van der Waals surface area contributed by atoms with Crippen LogP contribution in [0.4, 0.5) is 0 Å². The van der Waals surface area contributed by atoms with E-state index in [0.717, 1.165) is 65.9 Å². The topological polar surface area (TPSA) is 101 Å². The summed E-state index contributed by atoms with van der Waals surface area (Å²) in [6.45, 7) is 2.87. The van der Waals surface area contributed by atoms with Gasteiger partial charge in [-0.3, -0.25) is 14.4 Å². The van der Waals surface area contributed by atoms with Gasteiger partial charge in [0.05, 0.1) is 13.2 Å². The number of ether oxygens (including phenoxy) is 2. The van der Waals surface area contributed by atoms with Gasteiger partial charge in [0.2, 0.25) is 11.8 Å². The molecule has 4 heterocycles. The Bertz CT molecular complexity index is 1440. The highest BCUT2D eigenvalue weighted by Gasteiger charge is 2.44. The number of hydrogen-bond acceptors (Lipinski definition) is 6. The number of nitrogens with zero attached hydrogens (tertiary/aromatic N) is 3. The third kappa shape index (κ3) is 4.88. The van der Waals surface area contributed by atoms with E-state index in [1.54, 1.807) is 24.1 Å². The maximum Gasteiger partial charge on any atom is 0.250 e. The van der Waals surface area contributed by atoms with Gasteiger partial charge < -0.3 is 28.9 Å². The van der Waals surface area contributed by atoms with Crippen molar-refractivity contribution in [3.05, 3.63) is 64.8 Å². The minimum atomic E-state index is -0.652. The maximum atomic E-state index is 13.5. The van der Waals surface area contributed by atoms with Crippen LogP contribution >= 0.6 is 0 Å². The van der Waals surface area contributed by atoms with Crippen LogP contribution in [0.25, 0.3) is 10.9 Å². The SMILES string of the molecule is CN1CC(=O)N2CCc3c(c4cc(OCCC5CCOCC5)ccc4n3Cc3ccc(C(=O)CO)cc3)C2C1=O. The van der Waals surface area contributed by atoms with Crippen molar-refractivity contribution >= 4 is 28.5 Å². The van der Waals surface area contributed by atoms with E-state index in [1.165, 1.54) is 4.90 Å². The summed E-state index contributed by atoms with van der Waals surface area (Å²) in [7, 11) is 1.69. The van der Waals surface area contributed by atoms with Crippen molar-refractivity contribution < 1.29 is 29.0 Å². The van der Waals surface area contributed by atoms with Crippen LogP contribution in [0.15, 0.2) is 42.5 Å². The number of piperazine rings is 1. The zero-order valence-corrected chi connectivity index (χ0v) is 22.8. The second-order valence-electron chi connectivity index (χ2n) is 11.0. The predicted octanol–water partition coefficient (Wildman–Crippen LogP) is 2.96. The van der Waals surface area contributed by atoms with Crippen molar-refractivity contribution in [1.29, 1.82) is 0 Å². The molecule has 3 aliphatic rings. The van der Waals surface area contributed by atoms with Crippen LogP contribution in [0.2, 0.25) is 0 Å². The molecule has 3 aliphatic heterocycles. The monoisotopic (exact) mass is 545 g/mol. The molecule has 0 aliphatic carbocycles. The summed E-state index contributed by atoms with van der Waals surface area (Å²) in [4.78, 5) is 41.5. The van der Waals surface area contributed by atoms with Gasteiger partial charge in [0.15, 0.2) is 5.78 Å². The molecule has 0 saturated carbocycles. The fourth-order valence-electron chi connectivity index (χ4n) is 6.32. The van der Waals surface area contributed by atoms with Crippen LogP contribution in [0.3, 0.4) is 0 Å². The number of aliphatic hydroxyl groups excluding tert-OH is 1. The summed E-state index contributed by atoms with van der Waals surface area (Å²) in [5.74, 6) is 0.945. The molecule has 9 heteroatoms. The molecule has 2 fully saturated rings. The number of aromatic nitrogens is 1. The van der Waals surface area contributed by atoms with Gasteiger partial charge in [-0.1, -0.05) is 24.3 Å². The molecule has 1 unspecified atom stereocenters. The van der Waals surface area contributed by atoms with Crippen LogP contribution in [0, 0.1) is 5.92 Å². The molecule has 0 bridgehead atoms. The zero-order chi connectivity index (χ0) is 27.8. The van der Waals surface area contributed by atoms with E-state index in [2.05, 4.69) is 4.57 Å². The third-order valence-corrected chi connectivity index (χ3v) is 8.56. The molecule has 1 atom stereocenters. The molecule has 2 saturated heterocycles. The van der Waals surface area contributed by atoms with E-state index < -0.39 is 12.6 Å². The van der Waals surface area contributed by atoms with E-state index >= 15 is 0 Å². The summed E-state index contributed by atoms with van der Waals surface area (Å²) in [6, 6.07) is 12.7. The average molecular weight is 546 g/mol. The third-order valence-electron chi connectivity index (χ3n) is 8.56. The quantitative estimate of drug-likeness (QED) is 0.437. The standard InChI is InChI=1S/C31H35N3O6/c1-32-18-28(37)33-12-8-26-29(30(33)31(32)38)24-16-23(40-15-11-20-9-13-39-14-10-20)6-7-25(24)34(26)17-21-2-4-22(5-3-21)27(36)19-35/h2-7,16,20,30,35H,8-15,17-19H2,1H3. The Labute approximate surface area is 233 Å². The molecular formula is C31H35N3O6. The van der Waals surface area contributed by atoms with Crippen LogP contribution in [0.1, 0.15) is 52.5 Å². The number of amides is 2. The van der Waals surface area contributed by atoms with Gasteiger partial charge in [-0.05, 0) is 48.9 Å². The molecule has 1 aromatic heterocycles. The first-order valence-electron chi connectivity index (χ1n) is 14.1. The lowest BCUT2D eigenvalue weighted by Crippen LogP contribution is -2.56. The number of likely N-dealkylation sites (N-methyl/N-ethyl adjacent to an activating group) is 1. The van der Waals surface area contributed by atoms with E-state index in [9.17, 15) is 19.5 Å². The van der Waals surface area contributed by atoms with E-state index in [-0.39, 0.29) is 24.1 Å². The summed E-state index contributed by atoms with van der Waals surface area (Å²) < 4.78 is 13.9. The summed E-state index contributed by atoms with van der Waals surface area (Å²) in [5, 5.41) is 10.1. The Morgan fingerprint density at radius 3 is 2.62 bits per heavy atom. The predicted molar refractivity (Wildman–Crippen MR) is 148 cm³/mol. The van der Waals surface area contributed by atoms with Gasteiger partial charge >= 0.3 is 0 Å². The lowest BCUT2D eigenvalue weighted by molar-refractivity contribution is -0.155. The number of carbonyl (C=O) groups is 3. The van der Waals surface area contributed by atoms with Crippen molar-refractivity contribution in [2.24, 2.45) is 5.92 Å². The molecule has 9 nitrogen and oxygen atoms in total. The molecule has 0 radical (unpaired) electrons. The van der Waals surface area contributed by atoms with Gasteiger partial charge in [0, 0.05) is 67.5 Å². The number of Topliss-reactive ketones (excluding diaryl/α,β-unsaturated/α-hetero) is 1. The lowest BCUT2D eigenvalue weighted by Gasteiger charge is -2.42. The molecule has 1 N–H and O–H groups in total. The van der Waals surface area contributed by atoms with Crippen LogP contribution in [-0.4, -0.2) is 83.6 Å². The molecule has 210 valence electrons. The Hall–Kier alpha value is -3.69. The molecule has 2 aromatic carbocycles. The zero-order valence-electron chi connectivity index (χ0n) is 22.8. The Morgan fingerprint density at radius 2 is 1.88 bits per heavy atom. The summed E-state index contributed by atoms with van der Waals surface area (Å²) in [5.41, 5.74) is 4.37. The minimum absolute atomic E-state index is 0.0355. The van der Waals surface area contributed by atoms with Gasteiger partial charge in [-0.15, -0.1) is 0 Å². The number of carbonyl (C=O) groups excluding carboxylic acids is 3. The van der Waals surface area contributed by atoms with Crippen LogP contribution in [0.5, 0.6) is 5.75 Å². The van der Waals surface area contributed by atoms with Crippen molar-refractivity contribution in [3.8, 4) is 5.75 Å². The highest BCUT2D eigenvalue weighted by Crippen LogP contribution is 2.42. The molecule has 6 rings (SSSR count). The molecule has 0 spiro atoms. The van der Waals surface area contributed by atoms with Crippen molar-refractivity contribution in [3.63, 3.8) is 0 Å². The van der Waals surface area contributed by atoms with Crippen molar-refractivity contribution in [1.82, 2.24) is 14.4 Å². The number of fused-ring (bicyclic) bond motifs is 5. The minimum Gasteiger partial charge on any atom is -0.494 e. The molecule has 3 aromatic rings. The van der Waals surface area contributed by atoms with Gasteiger partial charge in [0.25, 0.3) is 0 Å². The highest BCUT2D eigenvalue weighted by atomic mass is 16.5. The number of rotatable bonds is 8. The van der Waals surface area contributed by atoms with Gasteiger partial charge in [-0.2, -0.15) is 0 Å². The number of benzene rings is 2. The van der Waals surface area contributed by atoms with Crippen LogP contribution < -0.4 is 4.74 Å². The second-order valence-corrected chi connectivity index (χ2v) is 11.0. The Kier molecular flexibility index (Phi) is 7.33. The second kappa shape index (κ2) is 11.1. The molecule has 40 heavy (non-hydrogen) atoms. The highest BCUT2D eigenvalue weighted by molar-refractivity contribution is 6.00. The Morgan fingerprint density at radius 1 is 1.10 bits per heavy atom. The lowest BCUT2D eigenvalue weighted by atomic mass is 9.92. The van der Waals surface area contributed by atoms with Gasteiger partial charge in [-0.25, -0.2) is 0 Å². The fraction of sp³-hybridized carbons (Fsp3) is 0.452. The largest absolute Gasteiger partial charge is 0.494 e. The van der Waals surface area contributed by atoms with Gasteiger partial charge in [0.1, 0.15) is 18.4 Å². The van der Waals surface area contributed by atoms with Crippen LogP contribution in [-0.2, 0) is 27.3 Å².